The lowest BCUT2D eigenvalue weighted by atomic mass is 10.1. The third kappa shape index (κ3) is 2.71. The molecule has 3 rings (SSSR count). The zero-order valence-corrected chi connectivity index (χ0v) is 12.5. The van der Waals surface area contributed by atoms with E-state index in [1.165, 1.54) is 29.8 Å². The van der Waals surface area contributed by atoms with Crippen LogP contribution in [0.15, 0.2) is 36.4 Å². The largest absolute Gasteiger partial charge is 0.464 e. The second-order valence-electron chi connectivity index (χ2n) is 4.56. The Bertz CT molecular complexity index is 920. The van der Waals surface area contributed by atoms with E-state index in [0.717, 1.165) is 0 Å². The average molecular weight is 333 g/mol. The summed E-state index contributed by atoms with van der Waals surface area (Å²) in [7, 11) is 1.25. The molecule has 0 amide bonds. The molecule has 1 aromatic carbocycles. The Balaban J connectivity index is 2.07. The van der Waals surface area contributed by atoms with Gasteiger partial charge >= 0.3 is 5.97 Å². The van der Waals surface area contributed by atoms with E-state index in [1.54, 1.807) is 18.2 Å². The molecule has 0 atom stereocenters. The number of non-ortho nitro benzene ring substituents is 1. The van der Waals surface area contributed by atoms with Gasteiger partial charge in [-0.1, -0.05) is 11.6 Å². The first-order chi connectivity index (χ1) is 11.0. The molecule has 0 N–H and O–H groups in total. The summed E-state index contributed by atoms with van der Waals surface area (Å²) in [5.41, 5.74) is 1.61. The molecule has 0 aliphatic carbocycles. The van der Waals surface area contributed by atoms with Crippen LogP contribution in [0.5, 0.6) is 0 Å². The molecule has 2 heterocycles. The van der Waals surface area contributed by atoms with Crippen molar-refractivity contribution in [1.82, 2.24) is 14.6 Å². The van der Waals surface area contributed by atoms with Crippen LogP contribution in [0.2, 0.25) is 5.15 Å². The number of fused-ring (bicyclic) bond motifs is 1. The fraction of sp³-hybridized carbons (Fsp3) is 0.0714. The van der Waals surface area contributed by atoms with Gasteiger partial charge in [0.25, 0.3) is 5.69 Å². The summed E-state index contributed by atoms with van der Waals surface area (Å²) < 4.78 is 5.98. The number of hydrogen-bond acceptors (Lipinski definition) is 6. The Morgan fingerprint density at radius 1 is 1.30 bits per heavy atom. The Morgan fingerprint density at radius 3 is 2.61 bits per heavy atom. The maximum atomic E-state index is 11.6. The van der Waals surface area contributed by atoms with Crippen LogP contribution >= 0.6 is 11.6 Å². The van der Waals surface area contributed by atoms with Gasteiger partial charge in [-0.15, -0.1) is 0 Å². The van der Waals surface area contributed by atoms with Crippen molar-refractivity contribution in [1.29, 1.82) is 0 Å². The molecule has 116 valence electrons. The van der Waals surface area contributed by atoms with E-state index in [1.807, 2.05) is 0 Å². The SMILES string of the molecule is COC(=O)c1cc(Cl)n2nc(-c3ccc([N+](=O)[O-])cc3)cc2n1. The van der Waals surface area contributed by atoms with Crippen molar-refractivity contribution in [2.45, 2.75) is 0 Å². The number of esters is 1. The van der Waals surface area contributed by atoms with Gasteiger partial charge < -0.3 is 4.74 Å². The molecular weight excluding hydrogens is 324 g/mol. The van der Waals surface area contributed by atoms with Gasteiger partial charge in [0, 0.05) is 29.8 Å². The lowest BCUT2D eigenvalue weighted by molar-refractivity contribution is -0.384. The summed E-state index contributed by atoms with van der Waals surface area (Å²) in [6.07, 6.45) is 0. The van der Waals surface area contributed by atoms with Crippen LogP contribution in [0.4, 0.5) is 5.69 Å². The number of benzene rings is 1. The number of halogens is 1. The molecule has 0 spiro atoms. The highest BCUT2D eigenvalue weighted by atomic mass is 35.5. The van der Waals surface area contributed by atoms with Crippen LogP contribution in [-0.4, -0.2) is 32.6 Å². The van der Waals surface area contributed by atoms with Gasteiger partial charge in [0.15, 0.2) is 11.3 Å². The topological polar surface area (TPSA) is 99.6 Å². The van der Waals surface area contributed by atoms with Crippen molar-refractivity contribution in [2.24, 2.45) is 0 Å². The summed E-state index contributed by atoms with van der Waals surface area (Å²) in [5.74, 6) is -0.604. The second-order valence-corrected chi connectivity index (χ2v) is 4.95. The van der Waals surface area contributed by atoms with E-state index in [9.17, 15) is 14.9 Å². The monoisotopic (exact) mass is 332 g/mol. The highest BCUT2D eigenvalue weighted by Gasteiger charge is 2.15. The Hall–Kier alpha value is -3.00. The quantitative estimate of drug-likeness (QED) is 0.316. The molecule has 0 bridgehead atoms. The van der Waals surface area contributed by atoms with Crippen LogP contribution < -0.4 is 0 Å². The Morgan fingerprint density at radius 2 is 2.00 bits per heavy atom. The number of ether oxygens (including phenoxy) is 1. The molecule has 0 aliphatic heterocycles. The van der Waals surface area contributed by atoms with Gasteiger partial charge in [0.2, 0.25) is 0 Å². The van der Waals surface area contributed by atoms with Crippen molar-refractivity contribution in [3.8, 4) is 11.3 Å². The van der Waals surface area contributed by atoms with Crippen LogP contribution in [-0.2, 0) is 4.74 Å². The standard InChI is InChI=1S/C14H9ClN4O4/c1-23-14(20)11-6-12(15)18-13(16-11)7-10(17-18)8-2-4-9(5-3-8)19(21)22/h2-7H,1H3. The molecule has 9 heteroatoms. The minimum Gasteiger partial charge on any atom is -0.464 e. The van der Waals surface area contributed by atoms with Gasteiger partial charge in [0.1, 0.15) is 5.15 Å². The molecule has 0 saturated carbocycles. The van der Waals surface area contributed by atoms with Gasteiger partial charge in [0.05, 0.1) is 17.7 Å². The first-order valence-electron chi connectivity index (χ1n) is 6.39. The number of nitro groups is 1. The van der Waals surface area contributed by atoms with Gasteiger partial charge in [-0.3, -0.25) is 10.1 Å². The van der Waals surface area contributed by atoms with E-state index in [0.29, 0.717) is 16.9 Å². The number of nitrogens with zero attached hydrogens (tertiary/aromatic N) is 4. The zero-order valence-electron chi connectivity index (χ0n) is 11.8. The number of carbonyl (C=O) groups excluding carboxylic acids is 1. The number of methoxy groups -OCH3 is 1. The molecule has 0 radical (unpaired) electrons. The average Bonchev–Trinajstić information content (AvgIpc) is 2.98. The normalized spacial score (nSPS) is 10.7. The molecule has 0 saturated heterocycles. The van der Waals surface area contributed by atoms with E-state index in [4.69, 9.17) is 11.6 Å². The number of nitro benzene ring substituents is 1. The molecule has 3 aromatic rings. The maximum absolute atomic E-state index is 11.6. The second kappa shape index (κ2) is 5.65. The molecule has 23 heavy (non-hydrogen) atoms. The summed E-state index contributed by atoms with van der Waals surface area (Å²) in [6, 6.07) is 8.90. The molecule has 8 nitrogen and oxygen atoms in total. The van der Waals surface area contributed by atoms with Crippen LogP contribution in [0.1, 0.15) is 10.5 Å². The third-order valence-electron chi connectivity index (χ3n) is 3.15. The van der Waals surface area contributed by atoms with Crippen LogP contribution in [0.25, 0.3) is 16.9 Å². The predicted molar refractivity (Wildman–Crippen MR) is 81.4 cm³/mol. The minimum absolute atomic E-state index is 0.0124. The Kier molecular flexibility index (Phi) is 3.67. The van der Waals surface area contributed by atoms with Gasteiger partial charge in [-0.25, -0.2) is 14.3 Å². The summed E-state index contributed by atoms with van der Waals surface area (Å²) in [4.78, 5) is 25.9. The number of carbonyl (C=O) groups is 1. The van der Waals surface area contributed by atoms with E-state index in [-0.39, 0.29) is 16.5 Å². The van der Waals surface area contributed by atoms with E-state index in [2.05, 4.69) is 14.8 Å². The molecule has 0 fully saturated rings. The fourth-order valence-electron chi connectivity index (χ4n) is 2.04. The van der Waals surface area contributed by atoms with Crippen molar-refractivity contribution >= 4 is 28.9 Å². The van der Waals surface area contributed by atoms with Crippen molar-refractivity contribution < 1.29 is 14.5 Å². The number of rotatable bonds is 3. The number of aromatic nitrogens is 3. The van der Waals surface area contributed by atoms with Crippen LogP contribution in [0.3, 0.4) is 0 Å². The first kappa shape index (κ1) is 14.9. The lowest BCUT2D eigenvalue weighted by Gasteiger charge is -2.00. The maximum Gasteiger partial charge on any atom is 0.356 e. The fourth-order valence-corrected chi connectivity index (χ4v) is 2.27. The summed E-state index contributed by atoms with van der Waals surface area (Å²) >= 11 is 6.09. The third-order valence-corrected chi connectivity index (χ3v) is 3.42. The number of hydrogen-bond donors (Lipinski definition) is 0. The summed E-state index contributed by atoms with van der Waals surface area (Å²) in [5, 5.41) is 15.2. The highest BCUT2D eigenvalue weighted by Crippen LogP contribution is 2.24. The summed E-state index contributed by atoms with van der Waals surface area (Å²) in [6.45, 7) is 0. The predicted octanol–water partition coefficient (Wildman–Crippen LogP) is 2.74. The minimum atomic E-state index is -0.604. The molecule has 0 aliphatic rings. The Labute approximate surface area is 134 Å². The van der Waals surface area contributed by atoms with Gasteiger partial charge in [-0.05, 0) is 12.1 Å². The lowest BCUT2D eigenvalue weighted by Crippen LogP contribution is -2.06. The van der Waals surface area contributed by atoms with E-state index < -0.39 is 10.9 Å². The molecular formula is C14H9ClN4O4. The van der Waals surface area contributed by atoms with E-state index >= 15 is 0 Å². The zero-order chi connectivity index (χ0) is 16.6. The van der Waals surface area contributed by atoms with Crippen molar-refractivity contribution in [2.75, 3.05) is 7.11 Å². The van der Waals surface area contributed by atoms with Crippen molar-refractivity contribution in [3.63, 3.8) is 0 Å². The molecule has 0 unspecified atom stereocenters. The highest BCUT2D eigenvalue weighted by molar-refractivity contribution is 6.30. The first-order valence-corrected chi connectivity index (χ1v) is 6.77. The van der Waals surface area contributed by atoms with Gasteiger partial charge in [-0.2, -0.15) is 5.10 Å². The smallest absolute Gasteiger partial charge is 0.356 e. The van der Waals surface area contributed by atoms with Crippen molar-refractivity contribution in [3.05, 3.63) is 57.4 Å². The molecule has 2 aromatic heterocycles. The van der Waals surface area contributed by atoms with Crippen LogP contribution in [0, 0.1) is 10.1 Å².